The third-order valence-corrected chi connectivity index (χ3v) is 4.62. The zero-order valence-electron chi connectivity index (χ0n) is 11.5. The van der Waals surface area contributed by atoms with E-state index < -0.39 is 0 Å². The molecule has 2 N–H and O–H groups in total. The fraction of sp³-hybridized carbons (Fsp3) is 1.00. The number of hydrogen-bond acceptors (Lipinski definition) is 3. The van der Waals surface area contributed by atoms with Crippen molar-refractivity contribution in [3.63, 3.8) is 0 Å². The third kappa shape index (κ3) is 3.67. The molecular weight excluding hydrogens is 210 g/mol. The van der Waals surface area contributed by atoms with Crippen LogP contribution in [0.5, 0.6) is 0 Å². The van der Waals surface area contributed by atoms with E-state index >= 15 is 0 Å². The number of likely N-dealkylation sites (N-methyl/N-ethyl adjacent to an activating group) is 1. The van der Waals surface area contributed by atoms with Crippen LogP contribution >= 0.6 is 0 Å². The molecule has 1 heterocycles. The van der Waals surface area contributed by atoms with Gasteiger partial charge >= 0.3 is 0 Å². The van der Waals surface area contributed by atoms with Crippen molar-refractivity contribution in [2.45, 2.75) is 51.1 Å². The highest BCUT2D eigenvalue weighted by Crippen LogP contribution is 2.31. The summed E-state index contributed by atoms with van der Waals surface area (Å²) in [5.41, 5.74) is 0. The van der Waals surface area contributed by atoms with Crippen molar-refractivity contribution in [3.8, 4) is 0 Å². The summed E-state index contributed by atoms with van der Waals surface area (Å²) in [4.78, 5) is 2.38. The second-order valence-corrected chi connectivity index (χ2v) is 5.75. The van der Waals surface area contributed by atoms with Crippen molar-refractivity contribution < 1.29 is 0 Å². The van der Waals surface area contributed by atoms with E-state index in [0.29, 0.717) is 0 Å². The van der Waals surface area contributed by atoms with E-state index in [1.807, 2.05) is 0 Å². The van der Waals surface area contributed by atoms with Gasteiger partial charge in [-0.15, -0.1) is 0 Å². The molecule has 0 amide bonds. The molecule has 0 aromatic carbocycles. The zero-order chi connectivity index (χ0) is 12.1. The van der Waals surface area contributed by atoms with E-state index in [-0.39, 0.29) is 0 Å². The molecule has 2 fully saturated rings. The molecular formula is C14H29N3. The van der Waals surface area contributed by atoms with Gasteiger partial charge in [-0.3, -0.25) is 0 Å². The third-order valence-electron chi connectivity index (χ3n) is 4.62. The number of rotatable bonds is 6. The molecule has 2 rings (SSSR count). The zero-order valence-corrected chi connectivity index (χ0v) is 11.5. The Labute approximate surface area is 106 Å². The standard InChI is InChI=1S/C14H29N3/c1-3-17(2)11-10-16-13-7-4-6-12(13)14-8-5-9-15-14/h12-16H,3-11H2,1-2H3. The van der Waals surface area contributed by atoms with Crippen LogP contribution in [0.1, 0.15) is 39.0 Å². The van der Waals surface area contributed by atoms with E-state index in [9.17, 15) is 0 Å². The monoisotopic (exact) mass is 239 g/mol. The summed E-state index contributed by atoms with van der Waals surface area (Å²) in [6.45, 7) is 6.95. The molecule has 17 heavy (non-hydrogen) atoms. The van der Waals surface area contributed by atoms with E-state index in [0.717, 1.165) is 31.1 Å². The first-order chi connectivity index (χ1) is 8.31. The number of nitrogens with one attached hydrogen (secondary N) is 2. The molecule has 3 nitrogen and oxygen atoms in total. The Kier molecular flexibility index (Phi) is 5.26. The Morgan fingerprint density at radius 2 is 2.12 bits per heavy atom. The van der Waals surface area contributed by atoms with Crippen LogP contribution in [0.3, 0.4) is 0 Å². The SMILES string of the molecule is CCN(C)CCNC1CCCC1C1CCCN1. The molecule has 1 aliphatic heterocycles. The summed E-state index contributed by atoms with van der Waals surface area (Å²) in [7, 11) is 2.20. The highest BCUT2D eigenvalue weighted by molar-refractivity contribution is 4.93. The summed E-state index contributed by atoms with van der Waals surface area (Å²) in [6, 6.07) is 1.58. The van der Waals surface area contributed by atoms with Gasteiger partial charge in [0.15, 0.2) is 0 Å². The maximum atomic E-state index is 3.79. The van der Waals surface area contributed by atoms with Crippen molar-refractivity contribution >= 4 is 0 Å². The second-order valence-electron chi connectivity index (χ2n) is 5.75. The van der Waals surface area contributed by atoms with Gasteiger partial charge in [-0.25, -0.2) is 0 Å². The molecule has 0 aromatic heterocycles. The van der Waals surface area contributed by atoms with Crippen molar-refractivity contribution in [1.29, 1.82) is 0 Å². The molecule has 3 atom stereocenters. The first-order valence-electron chi connectivity index (χ1n) is 7.46. The summed E-state index contributed by atoms with van der Waals surface area (Å²) >= 11 is 0. The minimum atomic E-state index is 0.774. The minimum absolute atomic E-state index is 0.774. The van der Waals surface area contributed by atoms with Gasteiger partial charge in [-0.1, -0.05) is 13.3 Å². The highest BCUT2D eigenvalue weighted by atomic mass is 15.1. The van der Waals surface area contributed by atoms with Crippen LogP contribution < -0.4 is 10.6 Å². The average molecular weight is 239 g/mol. The van der Waals surface area contributed by atoms with Crippen LogP contribution in [-0.2, 0) is 0 Å². The van der Waals surface area contributed by atoms with Crippen molar-refractivity contribution in [1.82, 2.24) is 15.5 Å². The van der Waals surface area contributed by atoms with Gasteiger partial charge in [0.25, 0.3) is 0 Å². The Balaban J connectivity index is 1.71. The lowest BCUT2D eigenvalue weighted by Gasteiger charge is -2.27. The lowest BCUT2D eigenvalue weighted by Crippen LogP contribution is -2.44. The molecule has 100 valence electrons. The molecule has 1 saturated heterocycles. The van der Waals surface area contributed by atoms with Crippen LogP contribution in [0.4, 0.5) is 0 Å². The molecule has 1 saturated carbocycles. The largest absolute Gasteiger partial charge is 0.314 e. The number of nitrogens with zero attached hydrogens (tertiary/aromatic N) is 1. The average Bonchev–Trinajstić information content (AvgIpc) is 2.98. The maximum absolute atomic E-state index is 3.79. The predicted molar refractivity (Wildman–Crippen MR) is 73.3 cm³/mol. The van der Waals surface area contributed by atoms with E-state index in [1.54, 1.807) is 0 Å². The predicted octanol–water partition coefficient (Wildman–Crippen LogP) is 1.45. The Hall–Kier alpha value is -0.120. The molecule has 2 aliphatic rings. The normalized spacial score (nSPS) is 33.7. The molecule has 3 heteroatoms. The van der Waals surface area contributed by atoms with E-state index in [4.69, 9.17) is 0 Å². The first kappa shape index (κ1) is 13.3. The quantitative estimate of drug-likeness (QED) is 0.734. The lowest BCUT2D eigenvalue weighted by atomic mass is 9.93. The van der Waals surface area contributed by atoms with Crippen molar-refractivity contribution in [3.05, 3.63) is 0 Å². The molecule has 3 unspecified atom stereocenters. The van der Waals surface area contributed by atoms with Gasteiger partial charge in [0.05, 0.1) is 0 Å². The van der Waals surface area contributed by atoms with Crippen molar-refractivity contribution in [2.75, 3.05) is 33.2 Å². The topological polar surface area (TPSA) is 27.3 Å². The second kappa shape index (κ2) is 6.72. The van der Waals surface area contributed by atoms with E-state index in [1.165, 1.54) is 45.2 Å². The molecule has 0 radical (unpaired) electrons. The summed E-state index contributed by atoms with van der Waals surface area (Å²) in [5, 5.41) is 7.48. The Morgan fingerprint density at radius 1 is 1.24 bits per heavy atom. The minimum Gasteiger partial charge on any atom is -0.314 e. The Bertz CT molecular complexity index is 214. The van der Waals surface area contributed by atoms with Crippen LogP contribution in [0.15, 0.2) is 0 Å². The van der Waals surface area contributed by atoms with Gasteiger partial charge in [0.1, 0.15) is 0 Å². The van der Waals surface area contributed by atoms with Crippen LogP contribution in [0, 0.1) is 5.92 Å². The lowest BCUT2D eigenvalue weighted by molar-refractivity contribution is 0.295. The Morgan fingerprint density at radius 3 is 2.82 bits per heavy atom. The van der Waals surface area contributed by atoms with Crippen molar-refractivity contribution in [2.24, 2.45) is 5.92 Å². The van der Waals surface area contributed by atoms with Crippen LogP contribution in [0.2, 0.25) is 0 Å². The molecule has 0 spiro atoms. The summed E-state index contributed by atoms with van der Waals surface area (Å²) < 4.78 is 0. The van der Waals surface area contributed by atoms with Gasteiger partial charge in [0, 0.05) is 25.2 Å². The van der Waals surface area contributed by atoms with Gasteiger partial charge < -0.3 is 15.5 Å². The van der Waals surface area contributed by atoms with Gasteiger partial charge in [-0.05, 0) is 51.7 Å². The number of hydrogen-bond donors (Lipinski definition) is 2. The van der Waals surface area contributed by atoms with Crippen LogP contribution in [-0.4, -0.2) is 50.2 Å². The fourth-order valence-corrected chi connectivity index (χ4v) is 3.40. The smallest absolute Gasteiger partial charge is 0.0111 e. The summed E-state index contributed by atoms with van der Waals surface area (Å²) in [5.74, 6) is 0.893. The van der Waals surface area contributed by atoms with Crippen LogP contribution in [0.25, 0.3) is 0 Å². The van der Waals surface area contributed by atoms with Gasteiger partial charge in [0.2, 0.25) is 0 Å². The molecule has 0 aromatic rings. The molecule has 0 bridgehead atoms. The maximum Gasteiger partial charge on any atom is 0.0111 e. The highest BCUT2D eigenvalue weighted by Gasteiger charge is 2.34. The van der Waals surface area contributed by atoms with E-state index in [2.05, 4.69) is 29.5 Å². The summed E-state index contributed by atoms with van der Waals surface area (Å²) in [6.07, 6.45) is 7.02. The molecule has 1 aliphatic carbocycles. The fourth-order valence-electron chi connectivity index (χ4n) is 3.40. The van der Waals surface area contributed by atoms with Gasteiger partial charge in [-0.2, -0.15) is 0 Å². The first-order valence-corrected chi connectivity index (χ1v) is 7.46.